The van der Waals surface area contributed by atoms with Crippen LogP contribution in [0.3, 0.4) is 0 Å². The van der Waals surface area contributed by atoms with Gasteiger partial charge in [-0.2, -0.15) is 17.6 Å². The Morgan fingerprint density at radius 3 is 1.29 bits per heavy atom. The van der Waals surface area contributed by atoms with Crippen LogP contribution in [-0.4, -0.2) is 57.8 Å². The van der Waals surface area contributed by atoms with Gasteiger partial charge in [-0.15, -0.1) is 26.3 Å². The zero-order valence-electron chi connectivity index (χ0n) is 21.7. The van der Waals surface area contributed by atoms with Crippen LogP contribution in [0.25, 0.3) is 0 Å². The van der Waals surface area contributed by atoms with Gasteiger partial charge in [0.15, 0.2) is 0 Å². The van der Waals surface area contributed by atoms with Gasteiger partial charge in [-0.05, 0) is 30.4 Å². The van der Waals surface area contributed by atoms with Crippen molar-refractivity contribution in [2.75, 3.05) is 14.2 Å². The average Bonchev–Trinajstić information content (AvgIpc) is 2.86. The lowest BCUT2D eigenvalue weighted by atomic mass is 10.1. The first-order valence-corrected chi connectivity index (χ1v) is 15.5. The van der Waals surface area contributed by atoms with Crippen molar-refractivity contribution in [1.29, 1.82) is 0 Å². The normalized spacial score (nSPS) is 15.3. The highest BCUT2D eigenvalue weighted by atomic mass is 28.4. The summed E-state index contributed by atoms with van der Waals surface area (Å²) in [5, 5.41) is 0. The molecule has 0 aliphatic heterocycles. The van der Waals surface area contributed by atoms with Crippen molar-refractivity contribution >= 4 is 17.6 Å². The van der Waals surface area contributed by atoms with Gasteiger partial charge in [0.25, 0.3) is 0 Å². The summed E-state index contributed by atoms with van der Waals surface area (Å²) in [5.41, 5.74) is 1.55. The lowest BCUT2D eigenvalue weighted by Gasteiger charge is -2.28. The molecule has 0 radical (unpaired) electrons. The van der Waals surface area contributed by atoms with Gasteiger partial charge in [-0.25, -0.2) is 0 Å². The molecule has 0 aromatic heterocycles. The van der Waals surface area contributed by atoms with E-state index in [9.17, 15) is 43.9 Å². The molecule has 234 valence electrons. The van der Waals surface area contributed by atoms with Crippen LogP contribution in [0.15, 0.2) is 60.7 Å². The maximum absolute atomic E-state index is 12.3. The lowest BCUT2D eigenvalue weighted by molar-refractivity contribution is -0.303. The Morgan fingerprint density at radius 1 is 0.585 bits per heavy atom. The number of hydrogen-bond donors (Lipinski definition) is 0. The third kappa shape index (κ3) is 16.2. The lowest BCUT2D eigenvalue weighted by Crippen LogP contribution is -2.50. The molecule has 41 heavy (non-hydrogen) atoms. The standard InChI is InChI=1S/C12H15F5O3Si.C11H13F5O3Si/c1-18-21(19-11(13)14,20-12(15,16)17)9-5-8-10-6-3-2-4-7-10;1-17-20(18-10(12)13,19-11(14,15)16)8-7-9-5-3-2-4-6-9/h2-4,6-7,11H,5,8-9H2,1H3;2-6,10H,7-8H2,1H3. The molecular formula is C23H28F10O6Si2. The Hall–Kier alpha value is -2.07. The zero-order valence-corrected chi connectivity index (χ0v) is 23.7. The van der Waals surface area contributed by atoms with E-state index in [1.54, 1.807) is 60.7 Å². The summed E-state index contributed by atoms with van der Waals surface area (Å²) < 4.78 is 148. The van der Waals surface area contributed by atoms with Gasteiger partial charge < -0.3 is 17.7 Å². The van der Waals surface area contributed by atoms with Crippen LogP contribution in [0.5, 0.6) is 0 Å². The number of benzene rings is 2. The van der Waals surface area contributed by atoms with E-state index in [-0.39, 0.29) is 18.9 Å². The van der Waals surface area contributed by atoms with E-state index in [4.69, 9.17) is 0 Å². The SMILES string of the molecule is CO[Si](CCCc1ccccc1)(OC(F)F)OC(F)(F)F.CO[Si](CCc1ccccc1)(OC(F)F)OC(F)(F)F. The van der Waals surface area contributed by atoms with Crippen LogP contribution in [0, 0.1) is 0 Å². The molecule has 18 heteroatoms. The minimum Gasteiger partial charge on any atom is -0.377 e. The molecular weight excluding hydrogens is 618 g/mol. The highest BCUT2D eigenvalue weighted by molar-refractivity contribution is 6.61. The van der Waals surface area contributed by atoms with Gasteiger partial charge in [-0.3, -0.25) is 8.85 Å². The quantitative estimate of drug-likeness (QED) is 0.147. The first-order chi connectivity index (χ1) is 19.0. The highest BCUT2D eigenvalue weighted by Crippen LogP contribution is 2.31. The first kappa shape index (κ1) is 37.0. The smallest absolute Gasteiger partial charge is 0.377 e. The van der Waals surface area contributed by atoms with Crippen LogP contribution in [0.4, 0.5) is 43.9 Å². The molecule has 0 aliphatic rings. The number of halogens is 10. The van der Waals surface area contributed by atoms with Gasteiger partial charge in [-0.1, -0.05) is 60.7 Å². The van der Waals surface area contributed by atoms with Crippen LogP contribution < -0.4 is 0 Å². The molecule has 0 aliphatic carbocycles. The van der Waals surface area contributed by atoms with Crippen molar-refractivity contribution < 1.29 is 70.5 Å². The fourth-order valence-corrected chi connectivity index (χ4v) is 7.13. The number of alkyl halides is 10. The maximum atomic E-state index is 12.3. The summed E-state index contributed by atoms with van der Waals surface area (Å²) >= 11 is 0. The van der Waals surface area contributed by atoms with E-state index < -0.39 is 49.6 Å². The summed E-state index contributed by atoms with van der Waals surface area (Å²) in [5.74, 6) is 0. The molecule has 2 atom stereocenters. The van der Waals surface area contributed by atoms with Crippen LogP contribution in [0.1, 0.15) is 17.5 Å². The molecule has 2 rings (SSSR count). The third-order valence-corrected chi connectivity index (χ3v) is 10.3. The Kier molecular flexibility index (Phi) is 15.5. The van der Waals surface area contributed by atoms with Crippen LogP contribution in [-0.2, 0) is 39.4 Å². The fourth-order valence-electron chi connectivity index (χ4n) is 3.37. The van der Waals surface area contributed by atoms with E-state index in [0.717, 1.165) is 19.8 Å². The predicted octanol–water partition coefficient (Wildman–Crippen LogP) is 7.57. The maximum Gasteiger partial charge on any atom is 0.516 e. The Balaban J connectivity index is 0.000000410. The molecule has 0 saturated heterocycles. The van der Waals surface area contributed by atoms with Gasteiger partial charge in [0.05, 0.1) is 0 Å². The average molecular weight is 647 g/mol. The largest absolute Gasteiger partial charge is 0.516 e. The van der Waals surface area contributed by atoms with Crippen molar-refractivity contribution in [2.24, 2.45) is 0 Å². The summed E-state index contributed by atoms with van der Waals surface area (Å²) in [7, 11) is -7.28. The summed E-state index contributed by atoms with van der Waals surface area (Å²) in [4.78, 5) is 0. The summed E-state index contributed by atoms with van der Waals surface area (Å²) in [6.07, 6.45) is -9.54. The van der Waals surface area contributed by atoms with E-state index in [2.05, 4.69) is 26.6 Å². The summed E-state index contributed by atoms with van der Waals surface area (Å²) in [6.45, 7) is -6.80. The van der Waals surface area contributed by atoms with Crippen molar-refractivity contribution in [1.82, 2.24) is 0 Å². The second-order valence-corrected chi connectivity index (χ2v) is 13.4. The molecule has 2 aromatic carbocycles. The van der Waals surface area contributed by atoms with Gasteiger partial charge in [0, 0.05) is 26.3 Å². The zero-order chi connectivity index (χ0) is 31.2. The van der Waals surface area contributed by atoms with E-state index >= 15 is 0 Å². The Bertz CT molecular complexity index is 973. The molecule has 0 fully saturated rings. The van der Waals surface area contributed by atoms with Crippen LogP contribution in [0.2, 0.25) is 12.1 Å². The van der Waals surface area contributed by atoms with Crippen molar-refractivity contribution in [3.8, 4) is 0 Å². The van der Waals surface area contributed by atoms with Crippen molar-refractivity contribution in [2.45, 2.75) is 57.3 Å². The second kappa shape index (κ2) is 17.1. The molecule has 0 bridgehead atoms. The van der Waals surface area contributed by atoms with Crippen LogP contribution >= 0.6 is 0 Å². The second-order valence-electron chi connectivity index (χ2n) is 7.95. The van der Waals surface area contributed by atoms with E-state index in [1.165, 1.54) is 0 Å². The Labute approximate surface area is 231 Å². The number of rotatable bonds is 15. The number of aryl methyl sites for hydroxylation is 2. The van der Waals surface area contributed by atoms with E-state index in [1.807, 2.05) is 0 Å². The van der Waals surface area contributed by atoms with Gasteiger partial charge in [0.2, 0.25) is 0 Å². The third-order valence-electron chi connectivity index (χ3n) is 5.06. The highest BCUT2D eigenvalue weighted by Gasteiger charge is 2.52. The van der Waals surface area contributed by atoms with Crippen molar-refractivity contribution in [3.63, 3.8) is 0 Å². The molecule has 0 N–H and O–H groups in total. The van der Waals surface area contributed by atoms with Gasteiger partial charge >= 0.3 is 43.6 Å². The first-order valence-electron chi connectivity index (χ1n) is 11.7. The van der Waals surface area contributed by atoms with Gasteiger partial charge in [0.1, 0.15) is 0 Å². The molecule has 0 spiro atoms. The minimum absolute atomic E-state index is 0.0731. The van der Waals surface area contributed by atoms with Crippen molar-refractivity contribution in [3.05, 3.63) is 71.8 Å². The summed E-state index contributed by atoms with van der Waals surface area (Å²) in [6, 6.07) is 16.6. The van der Waals surface area contributed by atoms with E-state index in [0.29, 0.717) is 12.0 Å². The monoisotopic (exact) mass is 646 g/mol. The molecule has 2 unspecified atom stereocenters. The molecule has 0 amide bonds. The number of hydrogen-bond acceptors (Lipinski definition) is 6. The topological polar surface area (TPSA) is 55.4 Å². The predicted molar refractivity (Wildman–Crippen MR) is 129 cm³/mol. The fraction of sp³-hybridized carbons (Fsp3) is 0.478. The molecule has 0 saturated carbocycles. The molecule has 2 aromatic rings. The minimum atomic E-state index is -5.10. The molecule has 0 heterocycles. The Morgan fingerprint density at radius 2 is 0.951 bits per heavy atom. The molecule has 6 nitrogen and oxygen atoms in total.